The van der Waals surface area contributed by atoms with Crippen LogP contribution in [0.25, 0.3) is 0 Å². The molecule has 0 aromatic rings. The Morgan fingerprint density at radius 2 is 1.57 bits per heavy atom. The lowest BCUT2D eigenvalue weighted by Crippen LogP contribution is -2.70. The zero-order valence-corrected chi connectivity index (χ0v) is 52.1. The van der Waals surface area contributed by atoms with Gasteiger partial charge in [-0.15, -0.1) is 0 Å². The zero-order valence-electron chi connectivity index (χ0n) is 52.1. The lowest BCUT2D eigenvalue weighted by molar-refractivity contribution is -0.338. The highest BCUT2D eigenvalue weighted by Gasteiger charge is 2.76. The van der Waals surface area contributed by atoms with Crippen molar-refractivity contribution >= 4 is 23.6 Å². The van der Waals surface area contributed by atoms with Gasteiger partial charge in [0.15, 0.2) is 29.6 Å². The highest BCUT2D eigenvalue weighted by molar-refractivity contribution is 6.01. The van der Waals surface area contributed by atoms with Crippen LogP contribution in [0.4, 0.5) is 4.39 Å². The van der Waals surface area contributed by atoms with Crippen molar-refractivity contribution in [3.05, 3.63) is 23.8 Å². The summed E-state index contributed by atoms with van der Waals surface area (Å²) < 4.78 is 56.7. The van der Waals surface area contributed by atoms with E-state index in [0.717, 1.165) is 0 Å². The Morgan fingerprint density at radius 1 is 0.904 bits per heavy atom. The van der Waals surface area contributed by atoms with Crippen LogP contribution in [0.5, 0.6) is 0 Å². The highest BCUT2D eigenvalue weighted by Crippen LogP contribution is 2.70. The van der Waals surface area contributed by atoms with Crippen molar-refractivity contribution in [3.8, 4) is 0 Å². The summed E-state index contributed by atoms with van der Waals surface area (Å²) in [6.45, 7) is 23.9. The van der Waals surface area contributed by atoms with Crippen molar-refractivity contribution in [3.63, 3.8) is 0 Å². The van der Waals surface area contributed by atoms with E-state index in [2.05, 4.69) is 10.6 Å². The van der Waals surface area contributed by atoms with Crippen LogP contribution in [0.15, 0.2) is 23.8 Å². The number of aliphatic hydroxyl groups excluding tert-OH is 3. The number of alkyl halides is 1. The molecule has 0 spiro atoms. The molecule has 3 saturated heterocycles. The molecular formula is C62H102FN3O17. The molecule has 0 radical (unpaired) electrons. The summed E-state index contributed by atoms with van der Waals surface area (Å²) in [5, 5.41) is 91.0. The Labute approximate surface area is 490 Å². The molecular weight excluding hydrogens is 1080 g/mol. The van der Waals surface area contributed by atoms with Gasteiger partial charge in [0.05, 0.1) is 48.1 Å². The van der Waals surface area contributed by atoms with Crippen molar-refractivity contribution in [2.75, 3.05) is 27.2 Å². The number of methoxy groups -OCH3 is 1. The van der Waals surface area contributed by atoms with Crippen LogP contribution >= 0.6 is 0 Å². The molecule has 3 heterocycles. The summed E-state index contributed by atoms with van der Waals surface area (Å²) in [5.74, 6) is -7.17. The number of likely N-dealkylation sites (N-methyl/N-ethyl adjacent to an activating group) is 1. The largest absolute Gasteiger partial charge is 0.459 e. The van der Waals surface area contributed by atoms with Crippen LogP contribution in [0.2, 0.25) is 0 Å². The molecule has 21 heteroatoms. The standard InChI is InChI=1S/C62H102FN3O17/c1-17-45-59(14,75)49(70)37(8)65-51(71)32(3)29-57(12,74)50(83-53-47(69)43(66(15)18-2)27-34(5)79-53)35(6)48(36(7)52(72)81-45)82-46-31-58(13,78-16)60(76,38(9)80-46)23-19-25-64-54(73)62(77)33(4)26-42-41-21-20-39-28-40(67)22-24-55(39,10)61(41,63)44(68)30-56(42,62)11/h22,24,28,32-38,41-50,53,68-70,74-77H,17-21,23,25-27,29-31H2,1-16H3,(H,64,73)(H,65,71)/t32-,33-,34-,35-,36-,37-,38+,41?,42?,43+,44+,45-,46?,47-,48+,49-,50-,53?,55+,56+,57-,58-,59-,60+,61+,62+/m1/s1. The molecule has 7 rings (SSSR count). The predicted octanol–water partition coefficient (Wildman–Crippen LogP) is 4.09. The van der Waals surface area contributed by atoms with E-state index in [4.69, 9.17) is 28.4 Å². The Balaban J connectivity index is 1.13. The van der Waals surface area contributed by atoms with Gasteiger partial charge in [0, 0.05) is 54.7 Å². The average Bonchev–Trinajstić information content (AvgIpc) is 3.95. The van der Waals surface area contributed by atoms with E-state index in [1.807, 2.05) is 25.8 Å². The summed E-state index contributed by atoms with van der Waals surface area (Å²) in [7, 11) is 3.31. The highest BCUT2D eigenvalue weighted by atomic mass is 19.1. The van der Waals surface area contributed by atoms with E-state index in [9.17, 15) is 54.9 Å². The van der Waals surface area contributed by atoms with Crippen molar-refractivity contribution in [1.82, 2.24) is 15.5 Å². The zero-order chi connectivity index (χ0) is 62.1. The molecule has 4 unspecified atom stereocenters. The SMILES string of the molecule is CC[C@H]1OC(=O)[C@H](C)[C@@H](OC2C[C@@](C)(OC)[C@](O)(CCCNC(=O)[C@@]3(O)[C@H](C)CC4C5CCC6=CC(=O)C=C[C@]6(C)[C@@]5(F)[C@@H](O)C[C@@]43C)[C@H](C)O2)[C@@H](C)[C@@H](OC2O[C@H](C)C[C@H](N(C)CC)[C@H]2O)[C@](C)(O)C[C@@H](C)C(=O)N[C@H](C)[C@@H](O)[C@]1(C)O. The third kappa shape index (κ3) is 11.6. The first-order valence-electron chi connectivity index (χ1n) is 30.6. The number of rotatable bonds is 13. The maximum atomic E-state index is 17.9. The minimum absolute atomic E-state index is 0.00346. The molecule has 0 aromatic heterocycles. The molecule has 9 N–H and O–H groups in total. The Morgan fingerprint density at radius 3 is 2.19 bits per heavy atom. The van der Waals surface area contributed by atoms with E-state index in [1.54, 1.807) is 68.4 Å². The number of aliphatic hydroxyl groups is 7. The van der Waals surface area contributed by atoms with E-state index in [1.165, 1.54) is 40.0 Å². The minimum atomic E-state index is -2.13. The van der Waals surface area contributed by atoms with Crippen LogP contribution in [-0.4, -0.2) is 199 Å². The summed E-state index contributed by atoms with van der Waals surface area (Å²) in [5.41, 5.74) is -13.1. The number of nitrogens with one attached hydrogen (secondary N) is 2. The van der Waals surface area contributed by atoms with Gasteiger partial charge in [-0.1, -0.05) is 53.2 Å². The second-order valence-corrected chi connectivity index (χ2v) is 27.5. The maximum Gasteiger partial charge on any atom is 0.311 e. The van der Waals surface area contributed by atoms with Crippen molar-refractivity contribution < 1.29 is 87.7 Å². The molecule has 20 nitrogen and oxygen atoms in total. The second-order valence-electron chi connectivity index (χ2n) is 27.5. The average molecular weight is 1180 g/mol. The smallest absolute Gasteiger partial charge is 0.311 e. The lowest BCUT2D eigenvalue weighted by Gasteiger charge is -2.62. The number of allylic oxidation sites excluding steroid dienone is 4. The van der Waals surface area contributed by atoms with Gasteiger partial charge >= 0.3 is 5.97 Å². The lowest BCUT2D eigenvalue weighted by atomic mass is 9.44. The Hall–Kier alpha value is -3.03. The molecule has 474 valence electrons. The quantitative estimate of drug-likeness (QED) is 0.0927. The molecule has 4 aliphatic carbocycles. The summed E-state index contributed by atoms with van der Waals surface area (Å²) in [6.07, 6.45) is -6.41. The van der Waals surface area contributed by atoms with Gasteiger partial charge in [0.25, 0.3) is 5.91 Å². The number of hydrogen-bond acceptors (Lipinski definition) is 18. The van der Waals surface area contributed by atoms with E-state index >= 15 is 4.39 Å². The molecule has 7 aliphatic rings. The summed E-state index contributed by atoms with van der Waals surface area (Å²) in [4.78, 5) is 57.4. The number of cyclic esters (lactones) is 1. The van der Waals surface area contributed by atoms with E-state index < -0.39 is 165 Å². The first-order chi connectivity index (χ1) is 38.4. The van der Waals surface area contributed by atoms with Crippen molar-refractivity contribution in [2.24, 2.45) is 46.3 Å². The molecule has 6 fully saturated rings. The van der Waals surface area contributed by atoms with Crippen molar-refractivity contribution in [1.29, 1.82) is 0 Å². The molecule has 0 aromatic carbocycles. The number of nitrogens with zero attached hydrogens (tertiary/aromatic N) is 1. The number of carbonyl (C=O) groups is 4. The number of ether oxygens (including phenoxy) is 6. The van der Waals surface area contributed by atoms with Gasteiger partial charge < -0.3 is 79.7 Å². The van der Waals surface area contributed by atoms with E-state index in [0.29, 0.717) is 37.8 Å². The van der Waals surface area contributed by atoms with Crippen LogP contribution in [0, 0.1) is 46.3 Å². The molecule has 3 aliphatic heterocycles. The Bertz CT molecular complexity index is 2430. The van der Waals surface area contributed by atoms with Gasteiger partial charge in [-0.3, -0.25) is 19.2 Å². The number of esters is 1. The fourth-order valence-corrected chi connectivity index (χ4v) is 16.7. The van der Waals surface area contributed by atoms with Crippen LogP contribution in [0.1, 0.15) is 161 Å². The fraction of sp³-hybridized carbons (Fsp3) is 0.871. The second kappa shape index (κ2) is 24.5. The number of hydrogen-bond donors (Lipinski definition) is 9. The van der Waals surface area contributed by atoms with Gasteiger partial charge in [0.2, 0.25) is 5.91 Å². The van der Waals surface area contributed by atoms with Gasteiger partial charge in [-0.05, 0) is 151 Å². The third-order valence-electron chi connectivity index (χ3n) is 22.2. The minimum Gasteiger partial charge on any atom is -0.459 e. The predicted molar refractivity (Wildman–Crippen MR) is 303 cm³/mol. The summed E-state index contributed by atoms with van der Waals surface area (Å²) in [6, 6.07) is -1.42. The first-order valence-corrected chi connectivity index (χ1v) is 30.6. The normalized spacial score (nSPS) is 50.0. The Kier molecular flexibility index (Phi) is 19.9. The number of fused-ring (bicyclic) bond motifs is 5. The molecule has 2 amide bonds. The monoisotopic (exact) mass is 1180 g/mol. The van der Waals surface area contributed by atoms with Gasteiger partial charge in [0.1, 0.15) is 35.1 Å². The van der Waals surface area contributed by atoms with Gasteiger partial charge in [-0.2, -0.15) is 0 Å². The van der Waals surface area contributed by atoms with Crippen LogP contribution in [0.3, 0.4) is 0 Å². The first kappa shape index (κ1) is 67.5. The van der Waals surface area contributed by atoms with Crippen LogP contribution < -0.4 is 10.6 Å². The fourth-order valence-electron chi connectivity index (χ4n) is 16.7. The number of halogens is 1. The number of carbonyl (C=O) groups excluding carboxylic acids is 4. The molecule has 83 heavy (non-hydrogen) atoms. The number of ketones is 1. The van der Waals surface area contributed by atoms with Crippen molar-refractivity contribution in [2.45, 2.75) is 268 Å². The molecule has 26 atom stereocenters. The van der Waals surface area contributed by atoms with Gasteiger partial charge in [-0.25, -0.2) is 4.39 Å². The van der Waals surface area contributed by atoms with Crippen LogP contribution in [-0.2, 0) is 47.6 Å². The molecule has 3 saturated carbocycles. The van der Waals surface area contributed by atoms with E-state index in [-0.39, 0.29) is 57.0 Å². The topological polar surface area (TPSA) is 293 Å². The third-order valence-corrected chi connectivity index (χ3v) is 22.2. The molecule has 0 bridgehead atoms. The number of amides is 2. The summed E-state index contributed by atoms with van der Waals surface area (Å²) >= 11 is 0. The maximum absolute atomic E-state index is 17.9.